The van der Waals surface area contributed by atoms with Crippen LogP contribution >= 0.6 is 0 Å². The molecule has 0 radical (unpaired) electrons. The van der Waals surface area contributed by atoms with Crippen LogP contribution in [0, 0.1) is 0 Å². The Morgan fingerprint density at radius 3 is 2.74 bits per heavy atom. The van der Waals surface area contributed by atoms with E-state index in [0.717, 1.165) is 0 Å². The van der Waals surface area contributed by atoms with Crippen molar-refractivity contribution in [3.05, 3.63) is 29.8 Å². The molecule has 2 atom stereocenters. The molecule has 2 saturated heterocycles. The van der Waals surface area contributed by atoms with Crippen molar-refractivity contribution in [2.24, 2.45) is 0 Å². The van der Waals surface area contributed by atoms with Crippen molar-refractivity contribution in [2.75, 3.05) is 18.5 Å². The number of nitrogens with one attached hydrogen (secondary N) is 1. The predicted molar refractivity (Wildman–Crippen MR) is 89.8 cm³/mol. The van der Waals surface area contributed by atoms with Crippen LogP contribution in [0.15, 0.2) is 24.3 Å². The summed E-state index contributed by atoms with van der Waals surface area (Å²) in [6, 6.07) is 3.85. The quantitative estimate of drug-likeness (QED) is 0.246. The molecule has 27 heavy (non-hydrogen) atoms. The van der Waals surface area contributed by atoms with E-state index in [9.17, 15) is 22.8 Å². The number of carbonyl (C=O) groups excluding carboxylic acids is 3. The number of rotatable bonds is 4. The van der Waals surface area contributed by atoms with Crippen LogP contribution in [0.3, 0.4) is 0 Å². The normalized spacial score (nSPS) is 21.0. The van der Waals surface area contributed by atoms with Crippen molar-refractivity contribution in [3.63, 3.8) is 0 Å². The summed E-state index contributed by atoms with van der Waals surface area (Å²) in [5, 5.41) is 2.58. The number of anilines is 1. The molecule has 0 aromatic heterocycles. The van der Waals surface area contributed by atoms with Gasteiger partial charge in [-0.05, 0) is 31.5 Å². The summed E-state index contributed by atoms with van der Waals surface area (Å²) in [5.41, 5.74) is 0.601. The van der Waals surface area contributed by atoms with Gasteiger partial charge in [0.2, 0.25) is 0 Å². The summed E-state index contributed by atoms with van der Waals surface area (Å²) >= 11 is 0. The van der Waals surface area contributed by atoms with Crippen molar-refractivity contribution in [2.45, 2.75) is 25.4 Å². The third kappa shape index (κ3) is 4.11. The number of β-lactam (4-membered cyclic amide) rings is 1. The second-order valence-electron chi connectivity index (χ2n) is 5.84. The fourth-order valence-corrected chi connectivity index (χ4v) is 4.08. The monoisotopic (exact) mass is 407 g/mol. The van der Waals surface area contributed by atoms with Crippen LogP contribution in [0.5, 0.6) is 0 Å². The molecule has 142 valence electrons. The third-order valence-corrected chi connectivity index (χ3v) is 5.22. The van der Waals surface area contributed by atoms with Gasteiger partial charge in [-0.3, -0.25) is 9.35 Å². The number of amides is 3. The summed E-state index contributed by atoms with van der Waals surface area (Å²) in [6.45, 7) is 2.06. The second-order valence-corrected chi connectivity index (χ2v) is 7.13. The van der Waals surface area contributed by atoms with E-state index in [2.05, 4.69) is 5.32 Å². The smallest absolute Gasteiger partial charge is 1.00 e. The van der Waals surface area contributed by atoms with Crippen LogP contribution in [0.4, 0.5) is 10.5 Å². The van der Waals surface area contributed by atoms with Gasteiger partial charge in [-0.25, -0.2) is 13.9 Å². The molecule has 2 N–H and O–H groups in total. The Kier molecular flexibility index (Phi) is 6.53. The van der Waals surface area contributed by atoms with E-state index in [1.807, 2.05) is 0 Å². The van der Waals surface area contributed by atoms with E-state index in [4.69, 9.17) is 9.29 Å². The van der Waals surface area contributed by atoms with E-state index >= 15 is 0 Å². The predicted octanol–water partition coefficient (Wildman–Crippen LogP) is -2.40. The van der Waals surface area contributed by atoms with Gasteiger partial charge < -0.3 is 16.4 Å². The minimum Gasteiger partial charge on any atom is -1.00 e. The van der Waals surface area contributed by atoms with Gasteiger partial charge >= 0.3 is 51.9 Å². The average Bonchev–Trinajstić information content (AvgIpc) is 2.92. The number of ether oxygens (including phenoxy) is 1. The van der Waals surface area contributed by atoms with E-state index in [1.165, 1.54) is 11.0 Å². The molecule has 3 amide bonds. The maximum atomic E-state index is 12.4. The zero-order valence-electron chi connectivity index (χ0n) is 15.8. The SMILES string of the molecule is CCOC(=O)c1cccc(NC(=O)N2CC[C@@H]3[C@H]2C(=O)N3S(=O)(=O)O)c1.[H-].[Na+]. The Bertz CT molecular complexity index is 882. The fourth-order valence-electron chi connectivity index (χ4n) is 3.18. The van der Waals surface area contributed by atoms with Gasteiger partial charge in [0.05, 0.1) is 18.2 Å². The van der Waals surface area contributed by atoms with Crippen LogP contribution in [0.1, 0.15) is 25.1 Å². The summed E-state index contributed by atoms with van der Waals surface area (Å²) in [7, 11) is -4.62. The van der Waals surface area contributed by atoms with Gasteiger partial charge in [0.25, 0.3) is 5.91 Å². The maximum Gasteiger partial charge on any atom is 1.00 e. The molecule has 2 heterocycles. The Labute approximate surface area is 179 Å². The van der Waals surface area contributed by atoms with Crippen molar-refractivity contribution in [3.8, 4) is 0 Å². The molecule has 2 aliphatic heterocycles. The zero-order valence-corrected chi connectivity index (χ0v) is 17.6. The number of urea groups is 1. The number of esters is 1. The molecule has 2 aliphatic rings. The fraction of sp³-hybridized carbons (Fsp3) is 0.400. The second kappa shape index (κ2) is 8.15. The van der Waals surface area contributed by atoms with Crippen LogP contribution in [-0.2, 0) is 19.8 Å². The minimum absolute atomic E-state index is 0. The minimum atomic E-state index is -4.62. The molecule has 0 aliphatic carbocycles. The molecular weight excluding hydrogens is 389 g/mol. The van der Waals surface area contributed by atoms with Gasteiger partial charge in [0, 0.05) is 12.2 Å². The molecule has 0 unspecified atom stereocenters. The van der Waals surface area contributed by atoms with Gasteiger partial charge in [0.15, 0.2) is 0 Å². The van der Waals surface area contributed by atoms with Crippen molar-refractivity contribution in [1.29, 1.82) is 0 Å². The van der Waals surface area contributed by atoms with Crippen LogP contribution < -0.4 is 34.9 Å². The molecule has 0 spiro atoms. The third-order valence-electron chi connectivity index (χ3n) is 4.27. The van der Waals surface area contributed by atoms with Crippen molar-refractivity contribution in [1.82, 2.24) is 9.21 Å². The molecule has 3 rings (SSSR count). The molecule has 1 aromatic rings. The Hall–Kier alpha value is -1.66. The Morgan fingerprint density at radius 2 is 2.11 bits per heavy atom. The Balaban J connectivity index is 0.00000196. The zero-order chi connectivity index (χ0) is 19.1. The molecule has 0 bridgehead atoms. The first-order valence-corrected chi connectivity index (χ1v) is 9.29. The summed E-state index contributed by atoms with van der Waals surface area (Å²) in [6.07, 6.45) is 0.243. The molecule has 0 saturated carbocycles. The largest absolute Gasteiger partial charge is 1.00 e. The van der Waals surface area contributed by atoms with Crippen molar-refractivity contribution < 1.29 is 63.1 Å². The van der Waals surface area contributed by atoms with Gasteiger partial charge in [-0.15, -0.1) is 0 Å². The summed E-state index contributed by atoms with van der Waals surface area (Å²) in [5.74, 6) is -1.37. The van der Waals surface area contributed by atoms with E-state index in [1.54, 1.807) is 25.1 Å². The van der Waals surface area contributed by atoms with E-state index in [-0.39, 0.29) is 56.1 Å². The van der Waals surface area contributed by atoms with Crippen LogP contribution in [0.25, 0.3) is 0 Å². The number of likely N-dealkylation sites (tertiary alicyclic amines) is 1. The number of hydrogen-bond acceptors (Lipinski definition) is 6. The maximum absolute atomic E-state index is 12.4. The molecule has 2 fully saturated rings. The molecule has 10 nitrogen and oxygen atoms in total. The molecule has 1 aromatic carbocycles. The van der Waals surface area contributed by atoms with Gasteiger partial charge in [0.1, 0.15) is 6.04 Å². The first-order valence-electron chi connectivity index (χ1n) is 7.89. The number of nitrogens with zero attached hydrogens (tertiary/aromatic N) is 2. The number of fused-ring (bicyclic) bond motifs is 1. The summed E-state index contributed by atoms with van der Waals surface area (Å²) in [4.78, 5) is 37.4. The van der Waals surface area contributed by atoms with E-state index in [0.29, 0.717) is 9.99 Å². The topological polar surface area (TPSA) is 133 Å². The molecular formula is C15H18N3NaO7S. The number of carbonyl (C=O) groups is 3. The molecule has 12 heteroatoms. The van der Waals surface area contributed by atoms with Gasteiger partial charge in [-0.2, -0.15) is 8.42 Å². The first-order chi connectivity index (χ1) is 12.2. The Morgan fingerprint density at radius 1 is 1.41 bits per heavy atom. The summed E-state index contributed by atoms with van der Waals surface area (Å²) < 4.78 is 36.7. The average molecular weight is 407 g/mol. The standard InChI is InChI=1S/C15H17N3O7S.Na.H/c1-2-25-14(20)9-4-3-5-10(8-9)16-15(21)17-7-6-11-12(17)13(19)18(11)26(22,23)24;;/h3-5,8,11-12H,2,6-7H2,1H3,(H,16,21)(H,22,23,24);;/q;+1;-1/t11-,12+;;/m1../s1. The first kappa shape index (κ1) is 21.6. The number of benzene rings is 1. The van der Waals surface area contributed by atoms with E-state index < -0.39 is 40.3 Å². The van der Waals surface area contributed by atoms with Crippen LogP contribution in [-0.4, -0.2) is 65.3 Å². The van der Waals surface area contributed by atoms with Crippen LogP contribution in [0.2, 0.25) is 0 Å². The van der Waals surface area contributed by atoms with Gasteiger partial charge in [-0.1, -0.05) is 6.07 Å². The van der Waals surface area contributed by atoms with Crippen molar-refractivity contribution >= 4 is 33.9 Å². The number of hydrogen-bond donors (Lipinski definition) is 2.